The second-order valence-corrected chi connectivity index (χ2v) is 5.22. The summed E-state index contributed by atoms with van der Waals surface area (Å²) >= 11 is 6.23. The van der Waals surface area contributed by atoms with E-state index in [1.807, 2.05) is 0 Å². The molecule has 2 rings (SSSR count). The maximum absolute atomic E-state index is 13.3. The topological polar surface area (TPSA) is 9.23 Å². The summed E-state index contributed by atoms with van der Waals surface area (Å²) < 4.78 is 32.5. The van der Waals surface area contributed by atoms with Crippen molar-refractivity contribution in [2.45, 2.75) is 6.61 Å². The van der Waals surface area contributed by atoms with Crippen LogP contribution in [0.5, 0.6) is 5.75 Å². The van der Waals surface area contributed by atoms with Gasteiger partial charge >= 0.3 is 0 Å². The van der Waals surface area contributed by atoms with Crippen molar-refractivity contribution >= 4 is 31.9 Å². The van der Waals surface area contributed by atoms with Crippen LogP contribution in [0, 0.1) is 11.6 Å². The van der Waals surface area contributed by atoms with Crippen LogP contribution in [0.1, 0.15) is 5.56 Å². The Labute approximate surface area is 120 Å². The van der Waals surface area contributed by atoms with E-state index in [0.717, 1.165) is 0 Å². The SMILES string of the molecule is Fc1ccc(OCc2cccc(F)c2Br)cc1Br. The molecule has 0 fully saturated rings. The molecule has 0 aliphatic carbocycles. The highest BCUT2D eigenvalue weighted by Crippen LogP contribution is 2.25. The molecule has 2 aromatic carbocycles. The molecule has 0 saturated carbocycles. The minimum atomic E-state index is -0.353. The van der Waals surface area contributed by atoms with Gasteiger partial charge in [-0.3, -0.25) is 0 Å². The third kappa shape index (κ3) is 3.09. The molecule has 0 aliphatic heterocycles. The molecular weight excluding hydrogens is 370 g/mol. The first-order chi connectivity index (χ1) is 8.58. The number of halogens is 4. The van der Waals surface area contributed by atoms with E-state index in [1.165, 1.54) is 24.3 Å². The van der Waals surface area contributed by atoms with Crippen molar-refractivity contribution in [3.8, 4) is 5.75 Å². The van der Waals surface area contributed by atoms with Crippen molar-refractivity contribution in [3.05, 3.63) is 62.5 Å². The van der Waals surface area contributed by atoms with Crippen LogP contribution in [0.25, 0.3) is 0 Å². The van der Waals surface area contributed by atoms with E-state index in [2.05, 4.69) is 31.9 Å². The van der Waals surface area contributed by atoms with Gasteiger partial charge in [0, 0.05) is 5.56 Å². The maximum atomic E-state index is 13.3. The summed E-state index contributed by atoms with van der Waals surface area (Å²) in [5, 5.41) is 0. The minimum Gasteiger partial charge on any atom is -0.489 e. The lowest BCUT2D eigenvalue weighted by Crippen LogP contribution is -1.98. The first-order valence-corrected chi connectivity index (χ1v) is 6.67. The number of benzene rings is 2. The van der Waals surface area contributed by atoms with Gasteiger partial charge in [0.05, 0.1) is 8.95 Å². The van der Waals surface area contributed by atoms with Gasteiger partial charge in [-0.25, -0.2) is 8.78 Å². The molecule has 0 N–H and O–H groups in total. The fraction of sp³-hybridized carbons (Fsp3) is 0.0769. The zero-order valence-corrected chi connectivity index (χ0v) is 12.3. The van der Waals surface area contributed by atoms with E-state index in [9.17, 15) is 8.78 Å². The summed E-state index contributed by atoms with van der Waals surface area (Å²) in [7, 11) is 0. The molecule has 0 unspecified atom stereocenters. The maximum Gasteiger partial charge on any atom is 0.137 e. The Kier molecular flexibility index (Phi) is 4.35. The van der Waals surface area contributed by atoms with Crippen LogP contribution >= 0.6 is 31.9 Å². The van der Waals surface area contributed by atoms with Crippen molar-refractivity contribution in [3.63, 3.8) is 0 Å². The highest BCUT2D eigenvalue weighted by atomic mass is 79.9. The molecule has 0 amide bonds. The molecule has 0 aliphatic rings. The van der Waals surface area contributed by atoms with Crippen LogP contribution < -0.4 is 4.74 Å². The van der Waals surface area contributed by atoms with Gasteiger partial charge in [0.25, 0.3) is 0 Å². The van der Waals surface area contributed by atoms with E-state index < -0.39 is 0 Å². The Bertz CT molecular complexity index is 573. The summed E-state index contributed by atoms with van der Waals surface area (Å²) in [6.07, 6.45) is 0. The lowest BCUT2D eigenvalue weighted by atomic mass is 10.2. The summed E-state index contributed by atoms with van der Waals surface area (Å²) in [4.78, 5) is 0. The van der Waals surface area contributed by atoms with Crippen LogP contribution in [0.3, 0.4) is 0 Å². The molecular formula is C13H8Br2F2O. The van der Waals surface area contributed by atoms with Crippen molar-refractivity contribution < 1.29 is 13.5 Å². The summed E-state index contributed by atoms with van der Waals surface area (Å²) in [5.41, 5.74) is 0.690. The lowest BCUT2D eigenvalue weighted by molar-refractivity contribution is 0.304. The van der Waals surface area contributed by atoms with E-state index in [1.54, 1.807) is 12.1 Å². The molecule has 94 valence electrons. The zero-order valence-electron chi connectivity index (χ0n) is 9.09. The van der Waals surface area contributed by atoms with Crippen molar-refractivity contribution in [1.82, 2.24) is 0 Å². The molecule has 0 aromatic heterocycles. The highest BCUT2D eigenvalue weighted by Gasteiger charge is 2.06. The van der Waals surface area contributed by atoms with E-state index >= 15 is 0 Å². The van der Waals surface area contributed by atoms with Gasteiger partial charge in [-0.15, -0.1) is 0 Å². The van der Waals surface area contributed by atoms with Gasteiger partial charge in [0.1, 0.15) is 24.0 Å². The molecule has 0 bridgehead atoms. The van der Waals surface area contributed by atoms with Crippen LogP contribution in [-0.2, 0) is 6.61 Å². The van der Waals surface area contributed by atoms with Crippen LogP contribution in [0.2, 0.25) is 0 Å². The fourth-order valence-corrected chi connectivity index (χ4v) is 2.12. The molecule has 2 aromatic rings. The summed E-state index contributed by atoms with van der Waals surface area (Å²) in [5.74, 6) is -0.176. The molecule has 0 heterocycles. The molecule has 0 radical (unpaired) electrons. The van der Waals surface area contributed by atoms with Gasteiger partial charge in [0.15, 0.2) is 0 Å². The van der Waals surface area contributed by atoms with Crippen molar-refractivity contribution in [2.75, 3.05) is 0 Å². The monoisotopic (exact) mass is 376 g/mol. The first-order valence-electron chi connectivity index (χ1n) is 5.08. The molecule has 18 heavy (non-hydrogen) atoms. The zero-order chi connectivity index (χ0) is 13.1. The average molecular weight is 378 g/mol. The van der Waals surface area contributed by atoms with Crippen molar-refractivity contribution in [2.24, 2.45) is 0 Å². The lowest BCUT2D eigenvalue weighted by Gasteiger charge is -2.09. The molecule has 0 atom stereocenters. The Morgan fingerprint density at radius 3 is 2.50 bits per heavy atom. The van der Waals surface area contributed by atoms with Gasteiger partial charge in [-0.1, -0.05) is 12.1 Å². The predicted molar refractivity (Wildman–Crippen MR) is 72.5 cm³/mol. The van der Waals surface area contributed by atoms with Gasteiger partial charge < -0.3 is 4.74 Å². The smallest absolute Gasteiger partial charge is 0.137 e. The van der Waals surface area contributed by atoms with Gasteiger partial charge in [-0.05, 0) is 56.1 Å². The third-order valence-corrected chi connectivity index (χ3v) is 3.81. The molecule has 0 spiro atoms. The summed E-state index contributed by atoms with van der Waals surface area (Å²) in [6.45, 7) is 0.205. The van der Waals surface area contributed by atoms with E-state index in [0.29, 0.717) is 20.3 Å². The molecule has 1 nitrogen and oxygen atoms in total. The Balaban J connectivity index is 2.11. The standard InChI is InChI=1S/C13H8Br2F2O/c14-10-6-9(4-5-11(10)16)18-7-8-2-1-3-12(17)13(8)15/h1-6H,7H2. The second kappa shape index (κ2) is 5.80. The highest BCUT2D eigenvalue weighted by molar-refractivity contribution is 9.10. The fourth-order valence-electron chi connectivity index (χ4n) is 1.39. The number of ether oxygens (including phenoxy) is 1. The van der Waals surface area contributed by atoms with Gasteiger partial charge in [0.2, 0.25) is 0 Å². The van der Waals surface area contributed by atoms with Crippen LogP contribution in [0.4, 0.5) is 8.78 Å². The number of hydrogen-bond donors (Lipinski definition) is 0. The Hall–Kier alpha value is -0.940. The number of rotatable bonds is 3. The Morgan fingerprint density at radius 1 is 1.00 bits per heavy atom. The van der Waals surface area contributed by atoms with Gasteiger partial charge in [-0.2, -0.15) is 0 Å². The average Bonchev–Trinajstić information content (AvgIpc) is 2.35. The normalized spacial score (nSPS) is 10.4. The quantitative estimate of drug-likeness (QED) is 0.725. The largest absolute Gasteiger partial charge is 0.489 e. The van der Waals surface area contributed by atoms with Crippen LogP contribution in [-0.4, -0.2) is 0 Å². The number of hydrogen-bond acceptors (Lipinski definition) is 1. The minimum absolute atomic E-state index is 0.205. The van der Waals surface area contributed by atoms with Crippen LogP contribution in [0.15, 0.2) is 45.3 Å². The third-order valence-electron chi connectivity index (χ3n) is 2.32. The van der Waals surface area contributed by atoms with Crippen molar-refractivity contribution in [1.29, 1.82) is 0 Å². The first kappa shape index (κ1) is 13.5. The van der Waals surface area contributed by atoms with E-state index in [-0.39, 0.29) is 18.2 Å². The van der Waals surface area contributed by atoms with E-state index in [4.69, 9.17) is 4.74 Å². The summed E-state index contributed by atoms with van der Waals surface area (Å²) in [6, 6.07) is 9.09. The molecule has 0 saturated heterocycles. The molecule has 5 heteroatoms. The predicted octanol–water partition coefficient (Wildman–Crippen LogP) is 5.07. The second-order valence-electron chi connectivity index (χ2n) is 3.58. The Morgan fingerprint density at radius 2 is 1.78 bits per heavy atom.